The molecular formula is C25H28N2O3S. The first-order valence-electron chi connectivity index (χ1n) is 10.3. The predicted molar refractivity (Wildman–Crippen MR) is 125 cm³/mol. The van der Waals surface area contributed by atoms with Crippen molar-refractivity contribution in [3.63, 3.8) is 0 Å². The first kappa shape index (κ1) is 22.6. The Morgan fingerprint density at radius 2 is 1.42 bits per heavy atom. The molecule has 5 nitrogen and oxygen atoms in total. The zero-order valence-electron chi connectivity index (χ0n) is 18.1. The Kier molecular flexibility index (Phi) is 7.13. The predicted octanol–water partition coefficient (Wildman–Crippen LogP) is 4.77. The van der Waals surface area contributed by atoms with Gasteiger partial charge in [0.1, 0.15) is 6.54 Å². The number of aryl methyl sites for hydroxylation is 2. The van der Waals surface area contributed by atoms with Crippen LogP contribution in [-0.2, 0) is 14.8 Å². The fourth-order valence-corrected chi connectivity index (χ4v) is 4.76. The fraction of sp³-hybridized carbons (Fsp3) is 0.240. The quantitative estimate of drug-likeness (QED) is 0.553. The van der Waals surface area contributed by atoms with Crippen molar-refractivity contribution >= 4 is 21.6 Å². The van der Waals surface area contributed by atoms with Gasteiger partial charge in [-0.1, -0.05) is 72.6 Å². The molecule has 0 fully saturated rings. The highest BCUT2D eigenvalue weighted by Gasteiger charge is 2.27. The average Bonchev–Trinajstić information content (AvgIpc) is 2.77. The molecule has 0 heterocycles. The number of para-hydroxylation sites is 1. The number of rotatable bonds is 8. The standard InChI is InChI=1S/C25H28N2O3S/c1-4-24(21-14-10-19(2)11-15-21)26-25(28)18-27(22-8-6-5-7-9-22)31(29,30)23-16-12-20(3)13-17-23/h5-17,24H,4,18H2,1-3H3,(H,26,28). The average molecular weight is 437 g/mol. The maximum absolute atomic E-state index is 13.4. The van der Waals surface area contributed by atoms with Gasteiger partial charge in [0, 0.05) is 0 Å². The van der Waals surface area contributed by atoms with Crippen molar-refractivity contribution < 1.29 is 13.2 Å². The molecule has 0 spiro atoms. The van der Waals surface area contributed by atoms with Crippen LogP contribution in [0.1, 0.15) is 36.1 Å². The van der Waals surface area contributed by atoms with Crippen LogP contribution >= 0.6 is 0 Å². The lowest BCUT2D eigenvalue weighted by atomic mass is 10.0. The molecule has 31 heavy (non-hydrogen) atoms. The van der Waals surface area contributed by atoms with Gasteiger partial charge in [0.05, 0.1) is 16.6 Å². The molecule has 1 N–H and O–H groups in total. The smallest absolute Gasteiger partial charge is 0.264 e. The number of hydrogen-bond donors (Lipinski definition) is 1. The van der Waals surface area contributed by atoms with Crippen LogP contribution in [0, 0.1) is 13.8 Å². The summed E-state index contributed by atoms with van der Waals surface area (Å²) in [4.78, 5) is 13.1. The van der Waals surface area contributed by atoms with Crippen LogP contribution in [0.4, 0.5) is 5.69 Å². The van der Waals surface area contributed by atoms with Crippen LogP contribution in [0.25, 0.3) is 0 Å². The molecular weight excluding hydrogens is 408 g/mol. The van der Waals surface area contributed by atoms with E-state index in [-0.39, 0.29) is 23.4 Å². The summed E-state index contributed by atoms with van der Waals surface area (Å²) in [6.45, 7) is 5.59. The molecule has 0 aliphatic heterocycles. The van der Waals surface area contributed by atoms with Crippen molar-refractivity contribution in [3.05, 3.63) is 95.6 Å². The van der Waals surface area contributed by atoms with Gasteiger partial charge in [-0.05, 0) is 50.1 Å². The van der Waals surface area contributed by atoms with Gasteiger partial charge < -0.3 is 5.32 Å². The summed E-state index contributed by atoms with van der Waals surface area (Å²) in [5.74, 6) is -0.355. The number of carbonyl (C=O) groups excluding carboxylic acids is 1. The van der Waals surface area contributed by atoms with Crippen LogP contribution in [-0.4, -0.2) is 20.9 Å². The van der Waals surface area contributed by atoms with Gasteiger partial charge in [0.15, 0.2) is 0 Å². The lowest BCUT2D eigenvalue weighted by molar-refractivity contribution is -0.120. The molecule has 1 atom stereocenters. The number of benzene rings is 3. The van der Waals surface area contributed by atoms with Crippen molar-refractivity contribution in [1.29, 1.82) is 0 Å². The van der Waals surface area contributed by atoms with E-state index in [1.165, 1.54) is 0 Å². The van der Waals surface area contributed by atoms with Crippen molar-refractivity contribution in [1.82, 2.24) is 5.32 Å². The van der Waals surface area contributed by atoms with Gasteiger partial charge in [0.2, 0.25) is 5.91 Å². The highest BCUT2D eigenvalue weighted by molar-refractivity contribution is 7.92. The van der Waals surface area contributed by atoms with E-state index in [2.05, 4.69) is 5.32 Å². The van der Waals surface area contributed by atoms with Crippen LogP contribution in [0.3, 0.4) is 0 Å². The molecule has 0 bridgehead atoms. The Bertz CT molecular complexity index is 1110. The molecule has 0 saturated carbocycles. The summed E-state index contributed by atoms with van der Waals surface area (Å²) < 4.78 is 27.9. The summed E-state index contributed by atoms with van der Waals surface area (Å²) >= 11 is 0. The normalized spacial score (nSPS) is 12.2. The van der Waals surface area contributed by atoms with Crippen LogP contribution in [0.15, 0.2) is 83.8 Å². The summed E-state index contributed by atoms with van der Waals surface area (Å²) in [6.07, 6.45) is 0.699. The van der Waals surface area contributed by atoms with E-state index in [0.29, 0.717) is 12.1 Å². The van der Waals surface area contributed by atoms with E-state index in [9.17, 15) is 13.2 Å². The van der Waals surface area contributed by atoms with Crippen molar-refractivity contribution in [2.75, 3.05) is 10.8 Å². The number of sulfonamides is 1. The SMILES string of the molecule is CCC(NC(=O)CN(c1ccccc1)S(=O)(=O)c1ccc(C)cc1)c1ccc(C)cc1. The van der Waals surface area contributed by atoms with E-state index in [1.807, 2.05) is 51.1 Å². The Hall–Kier alpha value is -3.12. The summed E-state index contributed by atoms with van der Waals surface area (Å²) in [5.41, 5.74) is 3.55. The lowest BCUT2D eigenvalue weighted by Crippen LogP contribution is -2.42. The van der Waals surface area contributed by atoms with Gasteiger partial charge in [-0.3, -0.25) is 9.10 Å². The van der Waals surface area contributed by atoms with Crippen molar-refractivity contribution in [2.24, 2.45) is 0 Å². The minimum Gasteiger partial charge on any atom is -0.348 e. The first-order valence-corrected chi connectivity index (χ1v) is 11.8. The topological polar surface area (TPSA) is 66.5 Å². The molecule has 162 valence electrons. The molecule has 1 unspecified atom stereocenters. The summed E-state index contributed by atoms with van der Waals surface area (Å²) in [5, 5.41) is 2.99. The minimum atomic E-state index is -3.91. The molecule has 3 aromatic carbocycles. The van der Waals surface area contributed by atoms with E-state index < -0.39 is 10.0 Å². The third-order valence-electron chi connectivity index (χ3n) is 5.16. The van der Waals surface area contributed by atoms with Crippen molar-refractivity contribution in [3.8, 4) is 0 Å². The molecule has 0 radical (unpaired) electrons. The third-order valence-corrected chi connectivity index (χ3v) is 6.95. The van der Waals surface area contributed by atoms with Gasteiger partial charge in [-0.25, -0.2) is 8.42 Å². The number of hydrogen-bond acceptors (Lipinski definition) is 3. The Morgan fingerprint density at radius 1 is 0.871 bits per heavy atom. The highest BCUT2D eigenvalue weighted by atomic mass is 32.2. The van der Waals surface area contributed by atoms with Gasteiger partial charge in [-0.2, -0.15) is 0 Å². The highest BCUT2D eigenvalue weighted by Crippen LogP contribution is 2.24. The van der Waals surface area contributed by atoms with E-state index >= 15 is 0 Å². The van der Waals surface area contributed by atoms with Crippen LogP contribution in [0.2, 0.25) is 0 Å². The van der Waals surface area contributed by atoms with E-state index in [0.717, 1.165) is 21.0 Å². The van der Waals surface area contributed by atoms with Gasteiger partial charge in [0.25, 0.3) is 10.0 Å². The summed E-state index contributed by atoms with van der Waals surface area (Å²) in [6, 6.07) is 23.1. The van der Waals surface area contributed by atoms with Crippen LogP contribution in [0.5, 0.6) is 0 Å². The Morgan fingerprint density at radius 3 is 1.97 bits per heavy atom. The van der Waals surface area contributed by atoms with E-state index in [4.69, 9.17) is 0 Å². The monoisotopic (exact) mass is 436 g/mol. The molecule has 0 saturated heterocycles. The number of carbonyl (C=O) groups is 1. The number of amides is 1. The second kappa shape index (κ2) is 9.79. The number of nitrogens with one attached hydrogen (secondary N) is 1. The molecule has 1 amide bonds. The number of anilines is 1. The minimum absolute atomic E-state index is 0.153. The molecule has 0 aliphatic carbocycles. The Balaban J connectivity index is 1.87. The molecule has 3 aromatic rings. The fourth-order valence-electron chi connectivity index (χ4n) is 3.34. The van der Waals surface area contributed by atoms with Gasteiger partial charge >= 0.3 is 0 Å². The maximum Gasteiger partial charge on any atom is 0.264 e. The largest absolute Gasteiger partial charge is 0.348 e. The van der Waals surface area contributed by atoms with E-state index in [1.54, 1.807) is 48.5 Å². The number of nitrogens with zero attached hydrogens (tertiary/aromatic N) is 1. The molecule has 0 aliphatic rings. The Labute approximate surface area is 184 Å². The van der Waals surface area contributed by atoms with Crippen molar-refractivity contribution in [2.45, 2.75) is 38.1 Å². The lowest BCUT2D eigenvalue weighted by Gasteiger charge is -2.25. The summed E-state index contributed by atoms with van der Waals surface area (Å²) in [7, 11) is -3.91. The zero-order chi connectivity index (χ0) is 22.4. The first-order chi connectivity index (χ1) is 14.8. The zero-order valence-corrected chi connectivity index (χ0v) is 18.9. The third kappa shape index (κ3) is 5.52. The van der Waals surface area contributed by atoms with Crippen LogP contribution < -0.4 is 9.62 Å². The maximum atomic E-state index is 13.4. The molecule has 0 aromatic heterocycles. The second-order valence-electron chi connectivity index (χ2n) is 7.60. The second-order valence-corrected chi connectivity index (χ2v) is 9.46. The molecule has 6 heteroatoms. The van der Waals surface area contributed by atoms with Gasteiger partial charge in [-0.15, -0.1) is 0 Å². The molecule has 3 rings (SSSR count).